The molecule has 0 aliphatic heterocycles. The Labute approximate surface area is 129 Å². The largest absolute Gasteiger partial charge is 0.489 e. The first-order chi connectivity index (χ1) is 9.58. The Hall–Kier alpha value is -1.48. The van der Waals surface area contributed by atoms with E-state index in [0.717, 1.165) is 27.9 Å². The van der Waals surface area contributed by atoms with E-state index in [1.54, 1.807) is 0 Å². The molecule has 106 valence electrons. The van der Waals surface area contributed by atoms with Crippen molar-refractivity contribution in [2.24, 2.45) is 0 Å². The maximum atomic E-state index is 5.81. The van der Waals surface area contributed by atoms with Gasteiger partial charge in [-0.15, -0.1) is 0 Å². The van der Waals surface area contributed by atoms with Gasteiger partial charge >= 0.3 is 0 Å². The molecule has 1 atom stereocenters. The zero-order valence-electron chi connectivity index (χ0n) is 11.9. The molecule has 2 aromatic rings. The van der Waals surface area contributed by atoms with E-state index >= 15 is 0 Å². The van der Waals surface area contributed by atoms with Crippen molar-refractivity contribution in [3.8, 4) is 5.75 Å². The Kier molecular flexibility index (Phi) is 5.07. The van der Waals surface area contributed by atoms with Gasteiger partial charge in [0.1, 0.15) is 12.4 Å². The molecule has 1 unspecified atom stereocenters. The molecule has 0 saturated carbocycles. The molecule has 0 radical (unpaired) electrons. The third-order valence-corrected chi connectivity index (χ3v) is 3.90. The number of nitrogen functional groups attached to an aromatic ring is 1. The Bertz CT molecular complexity index is 545. The average Bonchev–Trinajstić information content (AvgIpc) is 2.44. The lowest BCUT2D eigenvalue weighted by Gasteiger charge is -2.11. The maximum absolute atomic E-state index is 5.81. The molecule has 0 heterocycles. The van der Waals surface area contributed by atoms with Gasteiger partial charge in [-0.3, -0.25) is 0 Å². The van der Waals surface area contributed by atoms with Crippen molar-refractivity contribution in [2.45, 2.75) is 32.8 Å². The molecule has 0 aliphatic carbocycles. The van der Waals surface area contributed by atoms with Gasteiger partial charge in [-0.05, 0) is 53.8 Å². The first kappa shape index (κ1) is 14.9. The molecular formula is C17H20BrNO. The van der Waals surface area contributed by atoms with Crippen LogP contribution in [0.25, 0.3) is 0 Å². The van der Waals surface area contributed by atoms with Crippen LogP contribution in [0.15, 0.2) is 46.9 Å². The van der Waals surface area contributed by atoms with E-state index in [1.165, 1.54) is 5.56 Å². The van der Waals surface area contributed by atoms with Crippen LogP contribution in [0.3, 0.4) is 0 Å². The van der Waals surface area contributed by atoms with E-state index in [4.69, 9.17) is 10.5 Å². The minimum atomic E-state index is 0.520. The van der Waals surface area contributed by atoms with Crippen molar-refractivity contribution in [1.82, 2.24) is 0 Å². The van der Waals surface area contributed by atoms with Gasteiger partial charge in [0, 0.05) is 10.2 Å². The monoisotopic (exact) mass is 333 g/mol. The van der Waals surface area contributed by atoms with Crippen LogP contribution in [-0.4, -0.2) is 0 Å². The molecule has 2 aromatic carbocycles. The summed E-state index contributed by atoms with van der Waals surface area (Å²) in [7, 11) is 0. The summed E-state index contributed by atoms with van der Waals surface area (Å²) in [6, 6.07) is 14.2. The topological polar surface area (TPSA) is 35.2 Å². The Morgan fingerprint density at radius 1 is 1.15 bits per heavy atom. The molecular weight excluding hydrogens is 314 g/mol. The molecule has 2 nitrogen and oxygen atoms in total. The average molecular weight is 334 g/mol. The predicted molar refractivity (Wildman–Crippen MR) is 88.0 cm³/mol. The normalized spacial score (nSPS) is 12.2. The fourth-order valence-corrected chi connectivity index (χ4v) is 2.61. The van der Waals surface area contributed by atoms with E-state index in [9.17, 15) is 0 Å². The van der Waals surface area contributed by atoms with Crippen molar-refractivity contribution in [3.63, 3.8) is 0 Å². The van der Waals surface area contributed by atoms with E-state index in [1.807, 2.05) is 30.3 Å². The highest BCUT2D eigenvalue weighted by molar-refractivity contribution is 9.10. The summed E-state index contributed by atoms with van der Waals surface area (Å²) >= 11 is 3.44. The lowest BCUT2D eigenvalue weighted by atomic mass is 9.99. The highest BCUT2D eigenvalue weighted by atomic mass is 79.9. The van der Waals surface area contributed by atoms with E-state index in [0.29, 0.717) is 12.5 Å². The smallest absolute Gasteiger partial charge is 0.119 e. The second kappa shape index (κ2) is 6.80. The van der Waals surface area contributed by atoms with Crippen LogP contribution in [0.1, 0.15) is 37.3 Å². The van der Waals surface area contributed by atoms with Gasteiger partial charge < -0.3 is 10.5 Å². The summed E-state index contributed by atoms with van der Waals surface area (Å²) < 4.78 is 6.77. The number of anilines is 1. The van der Waals surface area contributed by atoms with Crippen LogP contribution in [0.2, 0.25) is 0 Å². The molecule has 0 spiro atoms. The zero-order valence-corrected chi connectivity index (χ0v) is 13.5. The van der Waals surface area contributed by atoms with E-state index in [2.05, 4.69) is 41.9 Å². The number of hydrogen-bond acceptors (Lipinski definition) is 2. The molecule has 0 bridgehead atoms. The Morgan fingerprint density at radius 3 is 2.45 bits per heavy atom. The second-order valence-corrected chi connectivity index (χ2v) is 5.98. The van der Waals surface area contributed by atoms with Crippen molar-refractivity contribution in [3.05, 3.63) is 58.1 Å². The van der Waals surface area contributed by atoms with E-state index < -0.39 is 0 Å². The van der Waals surface area contributed by atoms with E-state index in [-0.39, 0.29) is 0 Å². The first-order valence-electron chi connectivity index (χ1n) is 6.86. The highest BCUT2D eigenvalue weighted by Crippen LogP contribution is 2.23. The molecule has 0 saturated heterocycles. The fourth-order valence-electron chi connectivity index (χ4n) is 2.05. The standard InChI is InChI=1S/C17H20BrNO/c1-3-12(2)14-4-6-17(7-5-14)20-11-13-8-15(18)10-16(19)9-13/h4-10,12H,3,11,19H2,1-2H3. The molecule has 2 rings (SSSR count). The number of ether oxygens (including phenoxy) is 1. The van der Waals surface area contributed by atoms with Crippen LogP contribution in [-0.2, 0) is 6.61 Å². The van der Waals surface area contributed by atoms with Crippen LogP contribution < -0.4 is 10.5 Å². The van der Waals surface area contributed by atoms with Crippen molar-refractivity contribution in [2.75, 3.05) is 5.73 Å². The zero-order chi connectivity index (χ0) is 14.5. The molecule has 0 aliphatic rings. The van der Waals surface area contributed by atoms with Crippen LogP contribution in [0.4, 0.5) is 5.69 Å². The second-order valence-electron chi connectivity index (χ2n) is 5.06. The summed E-state index contributed by atoms with van der Waals surface area (Å²) in [6.45, 7) is 4.96. The summed E-state index contributed by atoms with van der Waals surface area (Å²) in [6.07, 6.45) is 1.15. The molecule has 0 fully saturated rings. The molecule has 2 N–H and O–H groups in total. The van der Waals surface area contributed by atoms with Gasteiger partial charge in [-0.1, -0.05) is 41.9 Å². The van der Waals surface area contributed by atoms with Gasteiger partial charge in [0.15, 0.2) is 0 Å². The van der Waals surface area contributed by atoms with Gasteiger partial charge in [-0.2, -0.15) is 0 Å². The van der Waals surface area contributed by atoms with Crippen molar-refractivity contribution >= 4 is 21.6 Å². The third-order valence-electron chi connectivity index (χ3n) is 3.45. The molecule has 3 heteroatoms. The van der Waals surface area contributed by atoms with Crippen molar-refractivity contribution in [1.29, 1.82) is 0 Å². The SMILES string of the molecule is CCC(C)c1ccc(OCc2cc(N)cc(Br)c2)cc1. The fraction of sp³-hybridized carbons (Fsp3) is 0.294. The lowest BCUT2D eigenvalue weighted by molar-refractivity contribution is 0.306. The minimum Gasteiger partial charge on any atom is -0.489 e. The molecule has 0 aromatic heterocycles. The number of rotatable bonds is 5. The summed E-state index contributed by atoms with van der Waals surface area (Å²) in [4.78, 5) is 0. The predicted octanol–water partition coefficient (Wildman–Crippen LogP) is 5.12. The third kappa shape index (κ3) is 4.01. The minimum absolute atomic E-state index is 0.520. The van der Waals surface area contributed by atoms with Gasteiger partial charge in [0.05, 0.1) is 0 Å². The number of nitrogens with two attached hydrogens (primary N) is 1. The first-order valence-corrected chi connectivity index (χ1v) is 7.65. The van der Waals surface area contributed by atoms with Gasteiger partial charge in [-0.25, -0.2) is 0 Å². The van der Waals surface area contributed by atoms with Crippen LogP contribution >= 0.6 is 15.9 Å². The lowest BCUT2D eigenvalue weighted by Crippen LogP contribution is -1.98. The molecule has 0 amide bonds. The summed E-state index contributed by atoms with van der Waals surface area (Å²) in [5, 5.41) is 0. The number of benzene rings is 2. The number of hydrogen-bond donors (Lipinski definition) is 1. The van der Waals surface area contributed by atoms with Gasteiger partial charge in [0.25, 0.3) is 0 Å². The Balaban J connectivity index is 2.00. The van der Waals surface area contributed by atoms with Crippen LogP contribution in [0.5, 0.6) is 5.75 Å². The molecule has 20 heavy (non-hydrogen) atoms. The quantitative estimate of drug-likeness (QED) is 0.770. The number of halogens is 1. The maximum Gasteiger partial charge on any atom is 0.119 e. The highest BCUT2D eigenvalue weighted by Gasteiger charge is 2.03. The summed E-state index contributed by atoms with van der Waals surface area (Å²) in [5.74, 6) is 1.48. The van der Waals surface area contributed by atoms with Crippen LogP contribution in [0, 0.1) is 0 Å². The summed E-state index contributed by atoms with van der Waals surface area (Å²) in [5.41, 5.74) is 8.96. The van der Waals surface area contributed by atoms with Crippen molar-refractivity contribution < 1.29 is 4.74 Å². The van der Waals surface area contributed by atoms with Gasteiger partial charge in [0.2, 0.25) is 0 Å². The Morgan fingerprint density at radius 2 is 1.85 bits per heavy atom.